The molecule has 1 fully saturated rings. The van der Waals surface area contributed by atoms with Crippen molar-refractivity contribution in [1.82, 2.24) is 4.98 Å². The van der Waals surface area contributed by atoms with Crippen LogP contribution in [0.15, 0.2) is 42.0 Å². The number of nitrogens with one attached hydrogen (secondary N) is 2. The summed E-state index contributed by atoms with van der Waals surface area (Å²) in [5.41, 5.74) is 6.62. The van der Waals surface area contributed by atoms with Gasteiger partial charge in [0.2, 0.25) is 5.91 Å². The Bertz CT molecular complexity index is 1270. The standard InChI is InChI=1S/C27H31N3O2S/c1-14(2)10-19-22(27(19,6)7)25(32)30-26-28-20-9-8-18(13-21(20)33-26)24(31)29-23-16(4)11-15(3)12-17(23)5/h8-13,19,22H,1-7H3,(H,29,31)(H,28,30,32). The number of thiazole rings is 1. The lowest BCUT2D eigenvalue weighted by atomic mass is 10.0. The summed E-state index contributed by atoms with van der Waals surface area (Å²) in [6.45, 7) is 14.4. The van der Waals surface area contributed by atoms with Crippen molar-refractivity contribution in [3.63, 3.8) is 0 Å². The van der Waals surface area contributed by atoms with E-state index in [9.17, 15) is 9.59 Å². The third-order valence-corrected chi connectivity index (χ3v) is 7.44. The smallest absolute Gasteiger partial charge is 0.255 e. The minimum atomic E-state index is -0.157. The van der Waals surface area contributed by atoms with Crippen LogP contribution in [0.25, 0.3) is 10.2 Å². The Kier molecular flexibility index (Phi) is 5.91. The molecular formula is C27H31N3O2S. The number of anilines is 2. The number of carbonyl (C=O) groups is 2. The average molecular weight is 462 g/mol. The molecule has 1 saturated carbocycles. The number of carbonyl (C=O) groups excluding carboxylic acids is 2. The molecular weight excluding hydrogens is 430 g/mol. The highest BCUT2D eigenvalue weighted by Crippen LogP contribution is 2.59. The number of amides is 2. The predicted molar refractivity (Wildman–Crippen MR) is 137 cm³/mol. The van der Waals surface area contributed by atoms with E-state index in [1.807, 2.05) is 32.9 Å². The number of aromatic nitrogens is 1. The number of fused-ring (bicyclic) bond motifs is 1. The summed E-state index contributed by atoms with van der Waals surface area (Å²) in [6, 6.07) is 9.57. The summed E-state index contributed by atoms with van der Waals surface area (Å²) in [4.78, 5) is 30.4. The number of nitrogens with zero attached hydrogens (tertiary/aromatic N) is 1. The number of hydrogen-bond donors (Lipinski definition) is 2. The molecule has 33 heavy (non-hydrogen) atoms. The van der Waals surface area contributed by atoms with Crippen molar-refractivity contribution < 1.29 is 9.59 Å². The molecule has 0 spiro atoms. The number of allylic oxidation sites excluding steroid dienone is 2. The maximum absolute atomic E-state index is 12.9. The van der Waals surface area contributed by atoms with Gasteiger partial charge >= 0.3 is 0 Å². The van der Waals surface area contributed by atoms with Gasteiger partial charge in [-0.2, -0.15) is 0 Å². The van der Waals surface area contributed by atoms with Crippen molar-refractivity contribution in [1.29, 1.82) is 0 Å². The van der Waals surface area contributed by atoms with E-state index < -0.39 is 0 Å². The highest BCUT2D eigenvalue weighted by atomic mass is 32.1. The zero-order valence-electron chi connectivity index (χ0n) is 20.3. The van der Waals surface area contributed by atoms with Crippen LogP contribution < -0.4 is 10.6 Å². The van der Waals surface area contributed by atoms with E-state index in [1.165, 1.54) is 22.5 Å². The fraction of sp³-hybridized carbons (Fsp3) is 0.370. The molecule has 0 bridgehead atoms. The highest BCUT2D eigenvalue weighted by Gasteiger charge is 2.60. The van der Waals surface area contributed by atoms with E-state index in [2.05, 4.69) is 61.5 Å². The molecule has 1 aromatic heterocycles. The molecule has 4 rings (SSSR count). The van der Waals surface area contributed by atoms with Crippen LogP contribution >= 0.6 is 11.3 Å². The van der Waals surface area contributed by atoms with Gasteiger partial charge in [-0.15, -0.1) is 0 Å². The van der Waals surface area contributed by atoms with Crippen LogP contribution in [0.1, 0.15) is 54.7 Å². The predicted octanol–water partition coefficient (Wildman–Crippen LogP) is 6.65. The van der Waals surface area contributed by atoms with Crippen LogP contribution in [0.5, 0.6) is 0 Å². The van der Waals surface area contributed by atoms with Crippen LogP contribution in [0.2, 0.25) is 0 Å². The molecule has 2 atom stereocenters. The molecule has 3 aromatic rings. The third-order valence-electron chi connectivity index (χ3n) is 6.50. The molecule has 6 heteroatoms. The largest absolute Gasteiger partial charge is 0.322 e. The van der Waals surface area contributed by atoms with E-state index in [4.69, 9.17) is 0 Å². The van der Waals surface area contributed by atoms with Gasteiger partial charge < -0.3 is 10.6 Å². The molecule has 2 unspecified atom stereocenters. The van der Waals surface area contributed by atoms with E-state index in [-0.39, 0.29) is 29.1 Å². The van der Waals surface area contributed by atoms with Gasteiger partial charge in [-0.1, -0.05) is 54.5 Å². The van der Waals surface area contributed by atoms with Crippen LogP contribution in [-0.4, -0.2) is 16.8 Å². The number of aryl methyl sites for hydroxylation is 3. The second-order valence-corrected chi connectivity index (χ2v) is 11.0. The van der Waals surface area contributed by atoms with E-state index in [0.29, 0.717) is 10.7 Å². The van der Waals surface area contributed by atoms with Crippen LogP contribution in [0.4, 0.5) is 10.8 Å². The molecule has 1 aliphatic rings. The quantitative estimate of drug-likeness (QED) is 0.418. The van der Waals surface area contributed by atoms with E-state index in [1.54, 1.807) is 6.07 Å². The fourth-order valence-electron chi connectivity index (χ4n) is 4.71. The van der Waals surface area contributed by atoms with Crippen molar-refractivity contribution >= 4 is 44.2 Å². The Morgan fingerprint density at radius 2 is 1.70 bits per heavy atom. The van der Waals surface area contributed by atoms with Crippen molar-refractivity contribution in [3.05, 3.63) is 64.2 Å². The maximum atomic E-state index is 12.9. The summed E-state index contributed by atoms with van der Waals surface area (Å²) >= 11 is 1.39. The first kappa shape index (κ1) is 23.2. The molecule has 172 valence electrons. The van der Waals surface area contributed by atoms with Crippen LogP contribution in [0.3, 0.4) is 0 Å². The first-order chi connectivity index (χ1) is 15.5. The van der Waals surface area contributed by atoms with Gasteiger partial charge in [-0.05, 0) is 75.3 Å². The summed E-state index contributed by atoms with van der Waals surface area (Å²) in [7, 11) is 0. The zero-order valence-corrected chi connectivity index (χ0v) is 21.1. The maximum Gasteiger partial charge on any atom is 0.255 e. The molecule has 1 heterocycles. The first-order valence-corrected chi connectivity index (χ1v) is 12.0. The summed E-state index contributed by atoms with van der Waals surface area (Å²) in [5, 5.41) is 6.61. The van der Waals surface area contributed by atoms with Crippen molar-refractivity contribution in [2.24, 2.45) is 17.3 Å². The highest BCUT2D eigenvalue weighted by molar-refractivity contribution is 7.22. The summed E-state index contributed by atoms with van der Waals surface area (Å²) < 4.78 is 0.867. The van der Waals surface area contributed by atoms with Gasteiger partial charge in [0.1, 0.15) is 0 Å². The van der Waals surface area contributed by atoms with Gasteiger partial charge in [-0.3, -0.25) is 9.59 Å². The number of hydrogen-bond acceptors (Lipinski definition) is 4. The Morgan fingerprint density at radius 3 is 2.33 bits per heavy atom. The van der Waals surface area contributed by atoms with Gasteiger partial charge in [0, 0.05) is 11.3 Å². The molecule has 0 aliphatic heterocycles. The Hall–Kier alpha value is -2.99. The lowest BCUT2D eigenvalue weighted by molar-refractivity contribution is -0.118. The molecule has 0 saturated heterocycles. The van der Waals surface area contributed by atoms with Gasteiger partial charge in [0.25, 0.3) is 5.91 Å². The van der Waals surface area contributed by atoms with Crippen LogP contribution in [-0.2, 0) is 4.79 Å². The normalized spacial score (nSPS) is 18.6. The summed E-state index contributed by atoms with van der Waals surface area (Å²) in [6.07, 6.45) is 2.19. The monoisotopic (exact) mass is 461 g/mol. The zero-order chi connectivity index (χ0) is 24.1. The average Bonchev–Trinajstić information content (AvgIpc) is 3.04. The lowest BCUT2D eigenvalue weighted by Crippen LogP contribution is -2.16. The molecule has 1 aliphatic carbocycles. The summed E-state index contributed by atoms with van der Waals surface area (Å²) in [5.74, 6) is 0.0441. The molecule has 5 nitrogen and oxygen atoms in total. The van der Waals surface area contributed by atoms with Crippen molar-refractivity contribution in [3.8, 4) is 0 Å². The van der Waals surface area contributed by atoms with Crippen molar-refractivity contribution in [2.45, 2.75) is 48.5 Å². The second kappa shape index (κ2) is 8.41. The molecule has 2 amide bonds. The lowest BCUT2D eigenvalue weighted by Gasteiger charge is -2.12. The van der Waals surface area contributed by atoms with E-state index >= 15 is 0 Å². The molecule has 2 aromatic carbocycles. The van der Waals surface area contributed by atoms with E-state index in [0.717, 1.165) is 27.0 Å². The number of rotatable bonds is 5. The molecule has 2 N–H and O–H groups in total. The Morgan fingerprint density at radius 1 is 1.03 bits per heavy atom. The topological polar surface area (TPSA) is 71.1 Å². The van der Waals surface area contributed by atoms with Crippen molar-refractivity contribution in [2.75, 3.05) is 10.6 Å². The SMILES string of the molecule is CC(C)=CC1C(C(=O)Nc2nc3ccc(C(=O)Nc4c(C)cc(C)cc4C)cc3s2)C1(C)C. The Labute approximate surface area is 199 Å². The van der Waals surface area contributed by atoms with Crippen LogP contribution in [0, 0.1) is 38.0 Å². The third kappa shape index (κ3) is 4.58. The van der Waals surface area contributed by atoms with Gasteiger partial charge in [0.15, 0.2) is 5.13 Å². The minimum absolute atomic E-state index is 0.00449. The number of benzene rings is 2. The minimum Gasteiger partial charge on any atom is -0.322 e. The van der Waals surface area contributed by atoms with Gasteiger partial charge in [0.05, 0.1) is 16.1 Å². The second-order valence-electron chi connectivity index (χ2n) is 9.99. The molecule has 0 radical (unpaired) electrons. The Balaban J connectivity index is 1.51. The first-order valence-electron chi connectivity index (χ1n) is 11.2. The van der Waals surface area contributed by atoms with Gasteiger partial charge in [-0.25, -0.2) is 4.98 Å². The fourth-order valence-corrected chi connectivity index (χ4v) is 5.62.